The van der Waals surface area contributed by atoms with Gasteiger partial charge in [-0.15, -0.1) is 0 Å². The van der Waals surface area contributed by atoms with E-state index in [1.54, 1.807) is 9.80 Å². The molecule has 0 bridgehead atoms. The molecule has 5 rings (SSSR count). The number of hydrogen-bond acceptors (Lipinski definition) is 7. The van der Waals surface area contributed by atoms with Crippen molar-refractivity contribution in [1.29, 1.82) is 0 Å². The molecule has 1 aromatic heterocycles. The topological polar surface area (TPSA) is 95.4 Å². The van der Waals surface area contributed by atoms with Gasteiger partial charge in [0.25, 0.3) is 5.91 Å². The molecule has 0 spiro atoms. The zero-order valence-electron chi connectivity index (χ0n) is 22.0. The van der Waals surface area contributed by atoms with E-state index in [2.05, 4.69) is 6.58 Å². The molecule has 9 nitrogen and oxygen atoms in total. The minimum Gasteiger partial charge on any atom is -0.507 e. The van der Waals surface area contributed by atoms with Crippen LogP contribution in [-0.4, -0.2) is 89.3 Å². The summed E-state index contributed by atoms with van der Waals surface area (Å²) in [7, 11) is 0. The van der Waals surface area contributed by atoms with Crippen LogP contribution >= 0.6 is 11.6 Å². The van der Waals surface area contributed by atoms with E-state index in [9.17, 15) is 14.7 Å². The van der Waals surface area contributed by atoms with Gasteiger partial charge in [0.05, 0.1) is 23.8 Å². The number of likely N-dealkylation sites (N-methyl/N-ethyl adjacent to an activating group) is 1. The van der Waals surface area contributed by atoms with Crippen LogP contribution in [0.5, 0.6) is 11.5 Å². The highest BCUT2D eigenvalue weighted by molar-refractivity contribution is 6.35. The Labute approximate surface area is 231 Å². The van der Waals surface area contributed by atoms with Gasteiger partial charge in [-0.25, -0.2) is 9.37 Å². The molecule has 1 aromatic carbocycles. The summed E-state index contributed by atoms with van der Waals surface area (Å²) in [4.78, 5) is 36.3. The van der Waals surface area contributed by atoms with Gasteiger partial charge in [-0.3, -0.25) is 9.59 Å². The summed E-state index contributed by atoms with van der Waals surface area (Å²) in [6.45, 7) is 9.46. The lowest BCUT2D eigenvalue weighted by Crippen LogP contribution is -2.57. The molecule has 0 saturated carbocycles. The summed E-state index contributed by atoms with van der Waals surface area (Å²) in [6, 6.07) is 3.52. The first-order valence-corrected chi connectivity index (χ1v) is 13.6. The number of phenols is 1. The van der Waals surface area contributed by atoms with Crippen molar-refractivity contribution in [3.05, 3.63) is 47.3 Å². The fraction of sp³-hybridized carbons (Fsp3) is 0.464. The number of amides is 2. The zero-order chi connectivity index (χ0) is 27.8. The molecule has 0 radical (unpaired) electrons. The van der Waals surface area contributed by atoms with E-state index < -0.39 is 11.9 Å². The number of carbonyl (C=O) groups is 2. The highest BCUT2D eigenvalue weighted by Crippen LogP contribution is 2.46. The van der Waals surface area contributed by atoms with E-state index in [1.807, 2.05) is 18.7 Å². The Morgan fingerprint density at radius 3 is 2.79 bits per heavy atom. The van der Waals surface area contributed by atoms with Crippen molar-refractivity contribution in [2.45, 2.75) is 44.9 Å². The van der Waals surface area contributed by atoms with Crippen molar-refractivity contribution in [1.82, 2.24) is 14.8 Å². The predicted molar refractivity (Wildman–Crippen MR) is 145 cm³/mol. The normalized spacial score (nSPS) is 22.6. The maximum absolute atomic E-state index is 15.0. The number of aromatic hydroxyl groups is 1. The van der Waals surface area contributed by atoms with Crippen LogP contribution in [0.15, 0.2) is 30.9 Å². The number of rotatable bonds is 6. The Bertz CT molecular complexity index is 1290. The molecule has 11 heteroatoms. The van der Waals surface area contributed by atoms with E-state index in [0.29, 0.717) is 26.2 Å². The second-order valence-electron chi connectivity index (χ2n) is 10.1. The number of anilines is 1. The molecule has 3 aliphatic heterocycles. The molecule has 3 atom stereocenters. The minimum atomic E-state index is -0.706. The summed E-state index contributed by atoms with van der Waals surface area (Å²) in [5.41, 5.74) is -0.0103. The van der Waals surface area contributed by atoms with E-state index in [0.717, 1.165) is 12.8 Å². The third-order valence-electron chi connectivity index (χ3n) is 7.59. The first-order chi connectivity index (χ1) is 18.7. The molecule has 3 aliphatic rings. The Hall–Kier alpha value is -3.37. The van der Waals surface area contributed by atoms with Crippen LogP contribution in [0.25, 0.3) is 11.3 Å². The van der Waals surface area contributed by atoms with Crippen molar-refractivity contribution in [3.8, 4) is 22.8 Å². The summed E-state index contributed by atoms with van der Waals surface area (Å²) >= 11 is 6.79. The van der Waals surface area contributed by atoms with Gasteiger partial charge in [0, 0.05) is 32.7 Å². The van der Waals surface area contributed by atoms with E-state index >= 15 is 4.39 Å². The number of pyridine rings is 1. The number of fused-ring (bicyclic) bond motifs is 2. The molecule has 208 valence electrons. The Balaban J connectivity index is 1.64. The molecule has 0 aliphatic carbocycles. The van der Waals surface area contributed by atoms with Gasteiger partial charge in [0.1, 0.15) is 40.3 Å². The summed E-state index contributed by atoms with van der Waals surface area (Å²) in [6.07, 6.45) is 3.11. The van der Waals surface area contributed by atoms with Gasteiger partial charge >= 0.3 is 0 Å². The number of ether oxygens (including phenoxy) is 2. The van der Waals surface area contributed by atoms with Crippen molar-refractivity contribution in [2.75, 3.05) is 44.2 Å². The van der Waals surface area contributed by atoms with Crippen LogP contribution in [0, 0.1) is 5.82 Å². The van der Waals surface area contributed by atoms with Crippen LogP contribution < -0.4 is 9.64 Å². The van der Waals surface area contributed by atoms with Gasteiger partial charge in [-0.1, -0.05) is 24.2 Å². The molecule has 2 fully saturated rings. The number of carbonyl (C=O) groups excluding carboxylic acids is 2. The maximum Gasteiger partial charge on any atom is 0.261 e. The molecule has 2 saturated heterocycles. The Kier molecular flexibility index (Phi) is 7.68. The van der Waals surface area contributed by atoms with Crippen LogP contribution in [0.3, 0.4) is 0 Å². The van der Waals surface area contributed by atoms with Crippen LogP contribution in [-0.2, 0) is 9.53 Å². The quantitative estimate of drug-likeness (QED) is 0.538. The van der Waals surface area contributed by atoms with Crippen molar-refractivity contribution in [2.24, 2.45) is 0 Å². The highest BCUT2D eigenvalue weighted by atomic mass is 35.5. The van der Waals surface area contributed by atoms with Crippen LogP contribution in [0.1, 0.15) is 37.0 Å². The first kappa shape index (κ1) is 27.2. The molecule has 2 unspecified atom stereocenters. The molecule has 2 aromatic rings. The van der Waals surface area contributed by atoms with E-state index in [4.69, 9.17) is 26.1 Å². The number of piperazine rings is 1. The highest BCUT2D eigenvalue weighted by Gasteiger charge is 2.41. The van der Waals surface area contributed by atoms with E-state index in [1.165, 1.54) is 24.3 Å². The Morgan fingerprint density at radius 1 is 1.33 bits per heavy atom. The van der Waals surface area contributed by atoms with Crippen LogP contribution in [0.4, 0.5) is 10.2 Å². The van der Waals surface area contributed by atoms with Gasteiger partial charge in [0.2, 0.25) is 5.91 Å². The third kappa shape index (κ3) is 5.03. The minimum absolute atomic E-state index is 0.0173. The number of halogens is 2. The maximum atomic E-state index is 15.0. The smallest absolute Gasteiger partial charge is 0.261 e. The molecule has 39 heavy (non-hydrogen) atoms. The third-order valence-corrected chi connectivity index (χ3v) is 7.94. The van der Waals surface area contributed by atoms with Crippen molar-refractivity contribution in [3.63, 3.8) is 0 Å². The molecular weight excluding hydrogens is 527 g/mol. The number of benzene rings is 1. The summed E-state index contributed by atoms with van der Waals surface area (Å²) in [5, 5.41) is 10.5. The van der Waals surface area contributed by atoms with Crippen LogP contribution in [0.2, 0.25) is 5.02 Å². The molecule has 4 heterocycles. The largest absolute Gasteiger partial charge is 0.507 e. The number of nitrogens with zero attached hydrogens (tertiary/aromatic N) is 4. The lowest BCUT2D eigenvalue weighted by molar-refractivity contribution is -0.128. The van der Waals surface area contributed by atoms with Gasteiger partial charge in [0.15, 0.2) is 5.75 Å². The summed E-state index contributed by atoms with van der Waals surface area (Å²) in [5.74, 6) is -1.22. The lowest BCUT2D eigenvalue weighted by atomic mass is 10.0. The Morgan fingerprint density at radius 2 is 2.13 bits per heavy atom. The fourth-order valence-corrected chi connectivity index (χ4v) is 5.83. The monoisotopic (exact) mass is 558 g/mol. The fourth-order valence-electron chi connectivity index (χ4n) is 5.55. The lowest BCUT2D eigenvalue weighted by Gasteiger charge is -2.39. The van der Waals surface area contributed by atoms with E-state index in [-0.39, 0.29) is 76.3 Å². The molecular formula is C28H32ClFN4O5. The van der Waals surface area contributed by atoms with Crippen molar-refractivity contribution < 1.29 is 28.6 Å². The number of phenolic OH excluding ortho intramolecular Hbond substituents is 1. The van der Waals surface area contributed by atoms with Gasteiger partial charge in [-0.2, -0.15) is 0 Å². The summed E-state index contributed by atoms with van der Waals surface area (Å²) < 4.78 is 27.3. The number of hydrogen-bond donors (Lipinski definition) is 1. The van der Waals surface area contributed by atoms with Gasteiger partial charge in [-0.05, 0) is 44.9 Å². The second-order valence-corrected chi connectivity index (χ2v) is 10.5. The predicted octanol–water partition coefficient (Wildman–Crippen LogP) is 3.87. The average Bonchev–Trinajstić information content (AvgIpc) is 3.28. The number of aromatic nitrogens is 1. The second kappa shape index (κ2) is 11.0. The SMILES string of the molecule is C=CC(=O)N1CCN2C(=O)c3c(N(CC)CC4CCC(C)O4)nc(-c4c(O)cccc4F)c(Cl)c3OC[C@H]2C1. The van der Waals surface area contributed by atoms with Gasteiger partial charge < -0.3 is 29.3 Å². The first-order valence-electron chi connectivity index (χ1n) is 13.2. The zero-order valence-corrected chi connectivity index (χ0v) is 22.8. The molecule has 2 amide bonds. The van der Waals surface area contributed by atoms with Crippen molar-refractivity contribution >= 4 is 29.2 Å². The average molecular weight is 559 g/mol. The standard InChI is InChI=1S/C28H32ClFN4O5/c1-4-21(36)33-11-12-34-17(13-33)15-38-26-23(28(34)37)27(32(5-2)14-18-10-9-16(3)39-18)31-25(24(26)29)22-19(30)7-6-8-20(22)35/h4,6-8,16-18,35H,1,5,9-15H2,2-3H3/t16?,17-,18?/m1/s1. The molecule has 1 N–H and O–H groups in total.